The van der Waals surface area contributed by atoms with Crippen molar-refractivity contribution >= 4 is 0 Å². The molecule has 3 heterocycles. The van der Waals surface area contributed by atoms with E-state index in [1.807, 2.05) is 18.6 Å². The Morgan fingerprint density at radius 3 is 0.906 bits per heavy atom. The van der Waals surface area contributed by atoms with Crippen LogP contribution >= 0.6 is 0 Å². The molecule has 4 aromatic carbocycles. The Balaban J connectivity index is 0.993. The molecular formula is C50H49N3. The van der Waals surface area contributed by atoms with Gasteiger partial charge in [-0.1, -0.05) is 109 Å². The third kappa shape index (κ3) is 10.0. The topological polar surface area (TPSA) is 38.7 Å². The van der Waals surface area contributed by atoms with Gasteiger partial charge in [-0.05, 0) is 140 Å². The first kappa shape index (κ1) is 35.7. The van der Waals surface area contributed by atoms with E-state index in [9.17, 15) is 0 Å². The Hall–Kier alpha value is -5.67. The van der Waals surface area contributed by atoms with Crippen molar-refractivity contribution in [2.75, 3.05) is 0 Å². The van der Waals surface area contributed by atoms with Crippen LogP contribution < -0.4 is 0 Å². The number of pyridine rings is 3. The van der Waals surface area contributed by atoms with E-state index in [-0.39, 0.29) is 0 Å². The zero-order valence-corrected chi connectivity index (χ0v) is 31.4. The number of hydrogen-bond donors (Lipinski definition) is 0. The minimum absolute atomic E-state index is 1.02. The summed E-state index contributed by atoms with van der Waals surface area (Å²) in [6, 6.07) is 46.9. The molecule has 7 aromatic rings. The fourth-order valence-electron chi connectivity index (χ4n) is 6.95. The summed E-state index contributed by atoms with van der Waals surface area (Å²) in [5.74, 6) is 0. The molecule has 0 bridgehead atoms. The first-order valence-corrected chi connectivity index (χ1v) is 19.1. The number of benzene rings is 4. The van der Waals surface area contributed by atoms with Crippen LogP contribution in [0.3, 0.4) is 0 Å². The Morgan fingerprint density at radius 2 is 0.585 bits per heavy atom. The third-order valence-corrected chi connectivity index (χ3v) is 10.2. The van der Waals surface area contributed by atoms with Crippen molar-refractivity contribution in [2.24, 2.45) is 0 Å². The van der Waals surface area contributed by atoms with Crippen molar-refractivity contribution < 1.29 is 0 Å². The van der Waals surface area contributed by atoms with Gasteiger partial charge >= 0.3 is 0 Å². The van der Waals surface area contributed by atoms with Gasteiger partial charge in [0.1, 0.15) is 0 Å². The van der Waals surface area contributed by atoms with E-state index in [0.29, 0.717) is 0 Å². The maximum Gasteiger partial charge on any atom is 0.0702 e. The third-order valence-electron chi connectivity index (χ3n) is 10.2. The van der Waals surface area contributed by atoms with Crippen LogP contribution in [0.1, 0.15) is 62.9 Å². The number of rotatable bonds is 14. The fraction of sp³-hybridized carbons (Fsp3) is 0.220. The van der Waals surface area contributed by atoms with Crippen LogP contribution in [0.2, 0.25) is 0 Å². The molecule has 7 rings (SSSR count). The highest BCUT2D eigenvalue weighted by atomic mass is 14.7. The van der Waals surface area contributed by atoms with Gasteiger partial charge in [-0.15, -0.1) is 0 Å². The lowest BCUT2D eigenvalue weighted by atomic mass is 9.94. The monoisotopic (exact) mass is 691 g/mol. The zero-order valence-electron chi connectivity index (χ0n) is 31.4. The summed E-state index contributed by atoms with van der Waals surface area (Å²) in [4.78, 5) is 13.8. The van der Waals surface area contributed by atoms with Crippen LogP contribution in [-0.2, 0) is 38.5 Å². The lowest BCUT2D eigenvalue weighted by Gasteiger charge is -2.12. The quantitative estimate of drug-likeness (QED) is 0.107. The van der Waals surface area contributed by atoms with Crippen molar-refractivity contribution in [2.45, 2.75) is 72.1 Å². The van der Waals surface area contributed by atoms with Gasteiger partial charge in [0.25, 0.3) is 0 Å². The van der Waals surface area contributed by atoms with E-state index in [2.05, 4.69) is 163 Å². The molecule has 0 saturated carbocycles. The smallest absolute Gasteiger partial charge is 0.0702 e. The standard InChI is InChI=1S/C50H49N3/c1-36-8-27-48(51-33-36)45-21-15-39(16-22-45)6-4-5-7-42-30-43(13-11-40-17-23-46(24-18-40)49-28-9-37(2)34-52-49)32-44(31-42)14-12-41-19-25-47(26-20-41)50-29-10-38(3)35-53-50/h8-10,15-35H,4-7,11-14H2,1-3H3. The minimum atomic E-state index is 1.02. The van der Waals surface area contributed by atoms with Crippen LogP contribution in [-0.4, -0.2) is 15.0 Å². The molecule has 53 heavy (non-hydrogen) atoms. The van der Waals surface area contributed by atoms with Crippen LogP contribution in [0.5, 0.6) is 0 Å². The summed E-state index contributed by atoms with van der Waals surface area (Å²) in [6.45, 7) is 6.23. The summed E-state index contributed by atoms with van der Waals surface area (Å²) < 4.78 is 0. The lowest BCUT2D eigenvalue weighted by molar-refractivity contribution is 0.732. The second-order valence-corrected chi connectivity index (χ2v) is 14.6. The largest absolute Gasteiger partial charge is 0.256 e. The summed E-state index contributed by atoms with van der Waals surface area (Å²) >= 11 is 0. The molecule has 0 aliphatic heterocycles. The van der Waals surface area contributed by atoms with Gasteiger partial charge in [-0.2, -0.15) is 0 Å². The first-order chi connectivity index (χ1) is 25.9. The van der Waals surface area contributed by atoms with Crippen LogP contribution in [0.15, 0.2) is 146 Å². The van der Waals surface area contributed by atoms with Gasteiger partial charge in [0.05, 0.1) is 17.1 Å². The van der Waals surface area contributed by atoms with Crippen molar-refractivity contribution in [3.63, 3.8) is 0 Å². The maximum absolute atomic E-state index is 4.61. The summed E-state index contributed by atoms with van der Waals surface area (Å²) in [5, 5.41) is 0. The van der Waals surface area contributed by atoms with Crippen molar-refractivity contribution in [3.05, 3.63) is 196 Å². The predicted octanol–water partition coefficient (Wildman–Crippen LogP) is 11.9. The molecule has 3 heteroatoms. The summed E-state index contributed by atoms with van der Waals surface area (Å²) in [5.41, 5.74) is 18.6. The lowest BCUT2D eigenvalue weighted by Crippen LogP contribution is -1.99. The van der Waals surface area contributed by atoms with E-state index in [1.54, 1.807) is 0 Å². The molecule has 3 aromatic heterocycles. The Morgan fingerprint density at radius 1 is 0.302 bits per heavy atom. The first-order valence-electron chi connectivity index (χ1n) is 19.1. The molecule has 0 aliphatic rings. The molecule has 0 fully saturated rings. The molecule has 0 amide bonds. The van der Waals surface area contributed by atoms with E-state index in [1.165, 1.54) is 79.6 Å². The summed E-state index contributed by atoms with van der Waals surface area (Å²) in [6.07, 6.45) is 14.5. The number of aryl methyl sites for hydroxylation is 9. The van der Waals surface area contributed by atoms with Crippen LogP contribution in [0.25, 0.3) is 33.8 Å². The molecule has 0 spiro atoms. The minimum Gasteiger partial charge on any atom is -0.256 e. The fourth-order valence-corrected chi connectivity index (χ4v) is 6.95. The van der Waals surface area contributed by atoms with Gasteiger partial charge in [0.2, 0.25) is 0 Å². The van der Waals surface area contributed by atoms with E-state index in [0.717, 1.165) is 55.6 Å². The maximum atomic E-state index is 4.61. The zero-order chi connectivity index (χ0) is 36.4. The van der Waals surface area contributed by atoms with E-state index in [4.69, 9.17) is 0 Å². The number of unbranched alkanes of at least 4 members (excludes halogenated alkanes) is 1. The molecule has 0 N–H and O–H groups in total. The Bertz CT molecular complexity index is 2090. The highest BCUT2D eigenvalue weighted by Crippen LogP contribution is 2.23. The highest BCUT2D eigenvalue weighted by molar-refractivity contribution is 5.61. The average molecular weight is 692 g/mol. The number of hydrogen-bond acceptors (Lipinski definition) is 3. The molecule has 0 radical (unpaired) electrons. The highest BCUT2D eigenvalue weighted by Gasteiger charge is 2.07. The van der Waals surface area contributed by atoms with Crippen LogP contribution in [0, 0.1) is 20.8 Å². The summed E-state index contributed by atoms with van der Waals surface area (Å²) in [7, 11) is 0. The SMILES string of the molecule is Cc1ccc(-c2ccc(CCCCc3cc(CCc4ccc(-c5ccc(C)cn5)cc4)cc(CCc4ccc(-c5ccc(C)cn5)cc4)c3)cc2)nc1. The normalized spacial score (nSPS) is 11.2. The van der Waals surface area contributed by atoms with Gasteiger partial charge in [0.15, 0.2) is 0 Å². The predicted molar refractivity (Wildman–Crippen MR) is 221 cm³/mol. The van der Waals surface area contributed by atoms with Crippen molar-refractivity contribution in [1.29, 1.82) is 0 Å². The Kier molecular flexibility index (Phi) is 11.6. The second-order valence-electron chi connectivity index (χ2n) is 14.6. The van der Waals surface area contributed by atoms with Gasteiger partial charge in [0, 0.05) is 35.3 Å². The Labute approximate surface area is 315 Å². The van der Waals surface area contributed by atoms with Gasteiger partial charge < -0.3 is 0 Å². The number of nitrogens with zero attached hydrogens (tertiary/aromatic N) is 3. The molecule has 3 nitrogen and oxygen atoms in total. The average Bonchev–Trinajstić information content (AvgIpc) is 3.20. The molecular weight excluding hydrogens is 643 g/mol. The van der Waals surface area contributed by atoms with Crippen molar-refractivity contribution in [3.8, 4) is 33.8 Å². The van der Waals surface area contributed by atoms with Crippen LogP contribution in [0.4, 0.5) is 0 Å². The molecule has 0 atom stereocenters. The van der Waals surface area contributed by atoms with Crippen molar-refractivity contribution in [1.82, 2.24) is 15.0 Å². The molecule has 264 valence electrons. The molecule has 0 aliphatic carbocycles. The van der Waals surface area contributed by atoms with Gasteiger partial charge in [-0.25, -0.2) is 0 Å². The molecule has 0 unspecified atom stereocenters. The molecule has 0 saturated heterocycles. The van der Waals surface area contributed by atoms with Gasteiger partial charge in [-0.3, -0.25) is 15.0 Å². The number of aromatic nitrogens is 3. The van der Waals surface area contributed by atoms with E-state index < -0.39 is 0 Å². The van der Waals surface area contributed by atoms with E-state index >= 15 is 0 Å². The second kappa shape index (κ2) is 17.2.